The van der Waals surface area contributed by atoms with Crippen LogP contribution in [0.4, 0.5) is 0 Å². The van der Waals surface area contributed by atoms with Crippen molar-refractivity contribution < 1.29 is 0 Å². The van der Waals surface area contributed by atoms with E-state index in [-0.39, 0.29) is 6.04 Å². The largest absolute Gasteiger partial charge is 0.303 e. The number of imidazole rings is 1. The minimum atomic E-state index is 0.242. The van der Waals surface area contributed by atoms with Crippen LogP contribution in [0.1, 0.15) is 47.7 Å². The molecule has 1 atom stereocenters. The van der Waals surface area contributed by atoms with E-state index < -0.39 is 0 Å². The molecule has 0 fully saturated rings. The highest BCUT2D eigenvalue weighted by atomic mass is 79.9. The molecule has 0 radical (unpaired) electrons. The molecule has 0 N–H and O–H groups in total. The molecular weight excluding hydrogens is 352 g/mol. The molecule has 1 aliphatic carbocycles. The molecule has 0 aliphatic heterocycles. The van der Waals surface area contributed by atoms with Gasteiger partial charge in [0.2, 0.25) is 0 Å². The van der Waals surface area contributed by atoms with Crippen molar-refractivity contribution in [2.75, 3.05) is 0 Å². The molecule has 23 heavy (non-hydrogen) atoms. The van der Waals surface area contributed by atoms with Crippen molar-refractivity contribution in [1.82, 2.24) is 19.5 Å². The second kappa shape index (κ2) is 5.41. The number of halogens is 1. The lowest BCUT2D eigenvalue weighted by Crippen LogP contribution is -2.13. The summed E-state index contributed by atoms with van der Waals surface area (Å²) in [5.41, 5.74) is 6.77. The van der Waals surface area contributed by atoms with E-state index in [9.17, 15) is 0 Å². The molecule has 118 valence electrons. The van der Waals surface area contributed by atoms with E-state index in [4.69, 9.17) is 15.0 Å². The molecule has 0 saturated heterocycles. The summed E-state index contributed by atoms with van der Waals surface area (Å²) in [4.78, 5) is 14.4. The predicted octanol–water partition coefficient (Wildman–Crippen LogP) is 4.30. The van der Waals surface area contributed by atoms with Gasteiger partial charge in [-0.1, -0.05) is 6.92 Å². The summed E-state index contributed by atoms with van der Waals surface area (Å²) < 4.78 is 3.37. The minimum absolute atomic E-state index is 0.242. The van der Waals surface area contributed by atoms with Crippen molar-refractivity contribution in [2.45, 2.75) is 46.1 Å². The fraction of sp³-hybridized carbons (Fsp3) is 0.389. The quantitative estimate of drug-likeness (QED) is 0.675. The molecule has 0 bridgehead atoms. The Kier molecular flexibility index (Phi) is 3.48. The fourth-order valence-electron chi connectivity index (χ4n) is 3.67. The normalized spacial score (nSPS) is 17.0. The second-order valence-corrected chi connectivity index (χ2v) is 7.17. The topological polar surface area (TPSA) is 43.6 Å². The van der Waals surface area contributed by atoms with Crippen LogP contribution in [-0.4, -0.2) is 19.5 Å². The van der Waals surface area contributed by atoms with Crippen molar-refractivity contribution in [1.29, 1.82) is 0 Å². The summed E-state index contributed by atoms with van der Waals surface area (Å²) in [6.45, 7) is 6.32. The van der Waals surface area contributed by atoms with Gasteiger partial charge >= 0.3 is 0 Å². The zero-order valence-corrected chi connectivity index (χ0v) is 15.2. The number of pyridine rings is 2. The Balaban J connectivity index is 1.97. The fourth-order valence-corrected chi connectivity index (χ4v) is 4.05. The minimum Gasteiger partial charge on any atom is -0.303 e. The SMILES string of the molecule is CCc1nc2c(C)cc(C)nc2n1C1CCc2cc(Br)cnc21. The number of hydrogen-bond donors (Lipinski definition) is 0. The summed E-state index contributed by atoms with van der Waals surface area (Å²) in [6.07, 6.45) is 4.91. The monoisotopic (exact) mass is 370 g/mol. The summed E-state index contributed by atoms with van der Waals surface area (Å²) in [5.74, 6) is 1.10. The third kappa shape index (κ3) is 2.29. The Bertz CT molecular complexity index is 913. The molecule has 3 heterocycles. The highest BCUT2D eigenvalue weighted by Gasteiger charge is 2.29. The maximum atomic E-state index is 4.87. The standard InChI is InChI=1S/C18H19BrN4/c1-4-15-22-16-10(2)7-11(3)21-18(16)23(15)14-6-5-12-8-13(19)9-20-17(12)14/h7-9,14H,4-6H2,1-3H3. The number of hydrogen-bond acceptors (Lipinski definition) is 3. The number of aryl methyl sites for hydroxylation is 4. The van der Waals surface area contributed by atoms with Gasteiger partial charge in [0, 0.05) is 22.8 Å². The summed E-state index contributed by atoms with van der Waals surface area (Å²) in [6, 6.07) is 4.54. The van der Waals surface area contributed by atoms with Crippen LogP contribution in [0, 0.1) is 13.8 Å². The van der Waals surface area contributed by atoms with E-state index in [1.165, 1.54) is 16.8 Å². The van der Waals surface area contributed by atoms with Crippen LogP contribution < -0.4 is 0 Å². The van der Waals surface area contributed by atoms with Gasteiger partial charge in [0.25, 0.3) is 0 Å². The first-order valence-electron chi connectivity index (χ1n) is 8.08. The number of aromatic nitrogens is 4. The van der Waals surface area contributed by atoms with Crippen molar-refractivity contribution in [3.63, 3.8) is 0 Å². The van der Waals surface area contributed by atoms with Crippen LogP contribution in [0.2, 0.25) is 0 Å². The second-order valence-electron chi connectivity index (χ2n) is 6.26. The Morgan fingerprint density at radius 3 is 2.87 bits per heavy atom. The van der Waals surface area contributed by atoms with Crippen LogP contribution in [0.5, 0.6) is 0 Å². The predicted molar refractivity (Wildman–Crippen MR) is 94.8 cm³/mol. The number of nitrogens with zero attached hydrogens (tertiary/aromatic N) is 4. The van der Waals surface area contributed by atoms with Crippen molar-refractivity contribution in [3.8, 4) is 0 Å². The third-order valence-electron chi connectivity index (χ3n) is 4.64. The zero-order valence-electron chi connectivity index (χ0n) is 13.6. The lowest BCUT2D eigenvalue weighted by atomic mass is 10.2. The molecule has 4 rings (SSSR count). The van der Waals surface area contributed by atoms with Crippen LogP contribution in [0.15, 0.2) is 22.8 Å². The number of fused-ring (bicyclic) bond motifs is 2. The van der Waals surface area contributed by atoms with E-state index in [2.05, 4.69) is 46.5 Å². The molecule has 1 unspecified atom stereocenters. The first-order chi connectivity index (χ1) is 11.1. The van der Waals surface area contributed by atoms with Crippen LogP contribution in [-0.2, 0) is 12.8 Å². The third-order valence-corrected chi connectivity index (χ3v) is 5.07. The zero-order chi connectivity index (χ0) is 16.1. The van der Waals surface area contributed by atoms with Gasteiger partial charge in [0.05, 0.1) is 11.7 Å². The summed E-state index contributed by atoms with van der Waals surface area (Å²) in [7, 11) is 0. The molecule has 5 heteroatoms. The van der Waals surface area contributed by atoms with Crippen LogP contribution in [0.3, 0.4) is 0 Å². The Labute approximate surface area is 144 Å². The molecule has 0 amide bonds. The molecule has 3 aromatic rings. The average Bonchev–Trinajstić information content (AvgIpc) is 3.07. The molecule has 4 nitrogen and oxygen atoms in total. The van der Waals surface area contributed by atoms with Gasteiger partial charge in [-0.25, -0.2) is 9.97 Å². The van der Waals surface area contributed by atoms with Gasteiger partial charge in [-0.05, 0) is 65.9 Å². The van der Waals surface area contributed by atoms with Gasteiger partial charge in [0.1, 0.15) is 11.3 Å². The number of rotatable bonds is 2. The summed E-state index contributed by atoms with van der Waals surface area (Å²) in [5, 5.41) is 0. The lowest BCUT2D eigenvalue weighted by molar-refractivity contribution is 0.556. The smallest absolute Gasteiger partial charge is 0.161 e. The van der Waals surface area contributed by atoms with E-state index in [0.29, 0.717) is 0 Å². The highest BCUT2D eigenvalue weighted by molar-refractivity contribution is 9.10. The lowest BCUT2D eigenvalue weighted by Gasteiger charge is -2.16. The Hall–Kier alpha value is -1.75. The van der Waals surface area contributed by atoms with Gasteiger partial charge in [-0.3, -0.25) is 4.98 Å². The van der Waals surface area contributed by atoms with E-state index >= 15 is 0 Å². The van der Waals surface area contributed by atoms with Gasteiger partial charge in [-0.15, -0.1) is 0 Å². The van der Waals surface area contributed by atoms with Crippen molar-refractivity contribution in [3.05, 3.63) is 51.1 Å². The first-order valence-corrected chi connectivity index (χ1v) is 8.87. The molecule has 0 saturated carbocycles. The first kappa shape index (κ1) is 14.8. The molecule has 0 spiro atoms. The highest BCUT2D eigenvalue weighted by Crippen LogP contribution is 2.37. The maximum absolute atomic E-state index is 4.87. The average molecular weight is 371 g/mol. The van der Waals surface area contributed by atoms with Gasteiger partial charge < -0.3 is 4.57 Å². The van der Waals surface area contributed by atoms with E-state index in [1.54, 1.807) is 0 Å². The molecule has 3 aromatic heterocycles. The maximum Gasteiger partial charge on any atom is 0.161 e. The van der Waals surface area contributed by atoms with Crippen LogP contribution >= 0.6 is 15.9 Å². The Morgan fingerprint density at radius 1 is 1.26 bits per heavy atom. The van der Waals surface area contributed by atoms with Crippen molar-refractivity contribution >= 4 is 27.1 Å². The van der Waals surface area contributed by atoms with Crippen molar-refractivity contribution in [2.24, 2.45) is 0 Å². The summed E-state index contributed by atoms with van der Waals surface area (Å²) >= 11 is 3.53. The molecular formula is C18H19BrN4. The van der Waals surface area contributed by atoms with E-state index in [1.807, 2.05) is 13.1 Å². The van der Waals surface area contributed by atoms with E-state index in [0.717, 1.165) is 46.4 Å². The molecule has 0 aromatic carbocycles. The molecule has 1 aliphatic rings. The van der Waals surface area contributed by atoms with Gasteiger partial charge in [0.15, 0.2) is 5.65 Å². The van der Waals surface area contributed by atoms with Crippen LogP contribution in [0.25, 0.3) is 11.2 Å². The van der Waals surface area contributed by atoms with Gasteiger partial charge in [-0.2, -0.15) is 0 Å². The Morgan fingerprint density at radius 2 is 2.09 bits per heavy atom.